The van der Waals surface area contributed by atoms with E-state index in [0.29, 0.717) is 32.6 Å². The molecule has 2 N–H and O–H groups in total. The molecule has 3 rings (SSSR count). The van der Waals surface area contributed by atoms with Gasteiger partial charge in [0.15, 0.2) is 0 Å². The van der Waals surface area contributed by atoms with E-state index < -0.39 is 0 Å². The largest absolute Gasteiger partial charge is 0.339 e. The number of aromatic amines is 2. The maximum absolute atomic E-state index is 12.2. The van der Waals surface area contributed by atoms with Gasteiger partial charge < -0.3 is 19.8 Å². The van der Waals surface area contributed by atoms with Crippen LogP contribution in [0.3, 0.4) is 0 Å². The Morgan fingerprint density at radius 2 is 1.82 bits per heavy atom. The van der Waals surface area contributed by atoms with Crippen molar-refractivity contribution >= 4 is 11.8 Å². The zero-order valence-corrected chi connectivity index (χ0v) is 12.6. The Hall–Kier alpha value is -2.05. The van der Waals surface area contributed by atoms with Gasteiger partial charge in [-0.05, 0) is 12.3 Å². The number of amides is 2. The lowest BCUT2D eigenvalue weighted by Gasteiger charge is -2.35. The summed E-state index contributed by atoms with van der Waals surface area (Å²) >= 11 is 0. The molecule has 1 saturated heterocycles. The summed E-state index contributed by atoms with van der Waals surface area (Å²) in [7, 11) is 0. The van der Waals surface area contributed by atoms with Gasteiger partial charge in [0.05, 0.1) is 0 Å². The second-order valence-electron chi connectivity index (χ2n) is 6.17. The first kappa shape index (κ1) is 14.9. The summed E-state index contributed by atoms with van der Waals surface area (Å²) in [6, 6.07) is 0. The Morgan fingerprint density at radius 1 is 1.14 bits per heavy atom. The van der Waals surface area contributed by atoms with E-state index in [9.17, 15) is 14.4 Å². The number of nitrogens with one attached hydrogen (secondary N) is 2. The molecule has 1 saturated carbocycles. The van der Waals surface area contributed by atoms with Crippen LogP contribution in [0.2, 0.25) is 0 Å². The fourth-order valence-corrected chi connectivity index (χ4v) is 3.04. The van der Waals surface area contributed by atoms with Crippen molar-refractivity contribution in [1.82, 2.24) is 19.8 Å². The van der Waals surface area contributed by atoms with E-state index in [1.807, 2.05) is 4.90 Å². The predicted octanol–water partition coefficient (Wildman–Crippen LogP) is 0.568. The fraction of sp³-hybridized carbons (Fsp3) is 0.667. The molecule has 120 valence electrons. The van der Waals surface area contributed by atoms with E-state index in [-0.39, 0.29) is 23.2 Å². The van der Waals surface area contributed by atoms with Gasteiger partial charge in [-0.2, -0.15) is 0 Å². The average molecular weight is 306 g/mol. The van der Waals surface area contributed by atoms with E-state index in [4.69, 9.17) is 0 Å². The van der Waals surface area contributed by atoms with Crippen LogP contribution in [0.25, 0.3) is 0 Å². The minimum absolute atomic E-state index is 0.195. The number of hydrogen-bond acceptors (Lipinski definition) is 3. The fourth-order valence-electron chi connectivity index (χ4n) is 3.04. The molecule has 1 aliphatic carbocycles. The topological polar surface area (TPSA) is 89.3 Å². The van der Waals surface area contributed by atoms with Crippen molar-refractivity contribution in [2.75, 3.05) is 26.2 Å². The van der Waals surface area contributed by atoms with Crippen molar-refractivity contribution in [1.29, 1.82) is 0 Å². The van der Waals surface area contributed by atoms with Gasteiger partial charge >= 0.3 is 5.69 Å². The van der Waals surface area contributed by atoms with Gasteiger partial charge in [0.25, 0.3) is 5.91 Å². The van der Waals surface area contributed by atoms with Crippen LogP contribution in [0.5, 0.6) is 0 Å². The molecule has 2 aliphatic rings. The second kappa shape index (κ2) is 6.37. The van der Waals surface area contributed by atoms with Gasteiger partial charge in [-0.3, -0.25) is 9.59 Å². The highest BCUT2D eigenvalue weighted by molar-refractivity contribution is 5.92. The summed E-state index contributed by atoms with van der Waals surface area (Å²) in [5.74, 6) is 0.756. The summed E-state index contributed by atoms with van der Waals surface area (Å²) in [5, 5.41) is 0. The van der Waals surface area contributed by atoms with Crippen molar-refractivity contribution in [2.24, 2.45) is 5.92 Å². The highest BCUT2D eigenvalue weighted by Gasteiger charge is 2.26. The number of aromatic nitrogens is 2. The van der Waals surface area contributed by atoms with E-state index in [0.717, 1.165) is 12.3 Å². The molecular formula is C15H22N4O3. The third-order valence-electron chi connectivity index (χ3n) is 4.74. The molecule has 2 amide bonds. The third kappa shape index (κ3) is 3.23. The zero-order valence-electron chi connectivity index (χ0n) is 12.6. The van der Waals surface area contributed by atoms with Gasteiger partial charge in [0, 0.05) is 38.8 Å². The van der Waals surface area contributed by atoms with Crippen molar-refractivity contribution in [3.05, 3.63) is 22.4 Å². The van der Waals surface area contributed by atoms with E-state index in [2.05, 4.69) is 9.97 Å². The lowest BCUT2D eigenvalue weighted by molar-refractivity contribution is -0.133. The van der Waals surface area contributed by atoms with Crippen molar-refractivity contribution in [2.45, 2.75) is 32.1 Å². The van der Waals surface area contributed by atoms with Gasteiger partial charge in [0.2, 0.25) is 5.91 Å². The summed E-state index contributed by atoms with van der Waals surface area (Å²) < 4.78 is 0. The molecule has 0 spiro atoms. The minimum atomic E-state index is -0.381. The maximum Gasteiger partial charge on any atom is 0.323 e. The zero-order chi connectivity index (χ0) is 15.5. The SMILES string of the molecule is O=C(CCC1CCC1)N1CCN(C(=O)c2c[nH]c(=O)[nH]2)CC1. The molecule has 2 fully saturated rings. The number of carbonyl (C=O) groups is 2. The summed E-state index contributed by atoms with van der Waals surface area (Å²) in [6.07, 6.45) is 6.86. The van der Waals surface area contributed by atoms with Crippen LogP contribution in [0.1, 0.15) is 42.6 Å². The van der Waals surface area contributed by atoms with Gasteiger partial charge in [-0.25, -0.2) is 4.79 Å². The van der Waals surface area contributed by atoms with Gasteiger partial charge in [0.1, 0.15) is 5.69 Å². The molecular weight excluding hydrogens is 284 g/mol. The summed E-state index contributed by atoms with van der Waals surface area (Å²) in [5.41, 5.74) is -0.108. The standard InChI is InChI=1S/C15H22N4O3/c20-13(5-4-11-2-1-3-11)18-6-8-19(9-7-18)14(21)12-10-16-15(22)17-12/h10-11H,1-9H2,(H2,16,17,22). The molecule has 1 aromatic heterocycles. The van der Waals surface area contributed by atoms with Crippen LogP contribution in [0.15, 0.2) is 11.0 Å². The molecule has 2 heterocycles. The first-order valence-corrected chi connectivity index (χ1v) is 7.98. The monoisotopic (exact) mass is 306 g/mol. The average Bonchev–Trinajstić information content (AvgIpc) is 2.91. The number of hydrogen-bond donors (Lipinski definition) is 2. The molecule has 0 unspecified atom stereocenters. The number of carbonyl (C=O) groups excluding carboxylic acids is 2. The normalized spacial score (nSPS) is 19.1. The van der Waals surface area contributed by atoms with Crippen LogP contribution in [-0.2, 0) is 4.79 Å². The van der Waals surface area contributed by atoms with E-state index >= 15 is 0 Å². The maximum atomic E-state index is 12.2. The Balaban J connectivity index is 1.46. The highest BCUT2D eigenvalue weighted by Crippen LogP contribution is 2.30. The van der Waals surface area contributed by atoms with Gasteiger partial charge in [-0.15, -0.1) is 0 Å². The van der Waals surface area contributed by atoms with Crippen LogP contribution in [0.4, 0.5) is 0 Å². The van der Waals surface area contributed by atoms with Crippen LogP contribution < -0.4 is 5.69 Å². The molecule has 0 radical (unpaired) electrons. The van der Waals surface area contributed by atoms with Crippen LogP contribution >= 0.6 is 0 Å². The van der Waals surface area contributed by atoms with Crippen LogP contribution in [-0.4, -0.2) is 57.8 Å². The first-order chi connectivity index (χ1) is 10.6. The number of nitrogens with zero attached hydrogens (tertiary/aromatic N) is 2. The summed E-state index contributed by atoms with van der Waals surface area (Å²) in [6.45, 7) is 2.18. The minimum Gasteiger partial charge on any atom is -0.339 e. The highest BCUT2D eigenvalue weighted by atomic mass is 16.2. The number of piperazine rings is 1. The molecule has 0 aromatic carbocycles. The van der Waals surface area contributed by atoms with Crippen molar-refractivity contribution < 1.29 is 9.59 Å². The van der Waals surface area contributed by atoms with E-state index in [1.54, 1.807) is 4.90 Å². The lowest BCUT2D eigenvalue weighted by atomic mass is 9.82. The van der Waals surface area contributed by atoms with Gasteiger partial charge in [-0.1, -0.05) is 19.3 Å². The summed E-state index contributed by atoms with van der Waals surface area (Å²) in [4.78, 5) is 43.8. The Kier molecular flexibility index (Phi) is 4.31. The Morgan fingerprint density at radius 3 is 2.36 bits per heavy atom. The second-order valence-corrected chi connectivity index (χ2v) is 6.17. The predicted molar refractivity (Wildman–Crippen MR) is 80.5 cm³/mol. The van der Waals surface area contributed by atoms with Crippen molar-refractivity contribution in [3.8, 4) is 0 Å². The quantitative estimate of drug-likeness (QED) is 0.852. The van der Waals surface area contributed by atoms with Crippen LogP contribution in [0, 0.1) is 5.92 Å². The smallest absolute Gasteiger partial charge is 0.323 e. The molecule has 22 heavy (non-hydrogen) atoms. The van der Waals surface area contributed by atoms with E-state index in [1.165, 1.54) is 25.5 Å². The number of H-pyrrole nitrogens is 2. The molecule has 1 aromatic rings. The molecule has 0 bridgehead atoms. The number of rotatable bonds is 4. The number of imidazole rings is 1. The Bertz CT molecular complexity index is 594. The first-order valence-electron chi connectivity index (χ1n) is 7.98. The lowest BCUT2D eigenvalue weighted by Crippen LogP contribution is -2.50. The van der Waals surface area contributed by atoms with Crippen molar-refractivity contribution in [3.63, 3.8) is 0 Å². The molecule has 7 nitrogen and oxygen atoms in total. The molecule has 1 aliphatic heterocycles. The Labute approximate surface area is 128 Å². The molecule has 0 atom stereocenters. The molecule has 7 heteroatoms. The third-order valence-corrected chi connectivity index (χ3v) is 4.74.